The van der Waals surface area contributed by atoms with Crippen molar-refractivity contribution in [2.75, 3.05) is 39.8 Å². The first-order chi connectivity index (χ1) is 16.1. The molecule has 2 heterocycles. The van der Waals surface area contributed by atoms with Crippen molar-refractivity contribution in [3.05, 3.63) is 41.8 Å². The van der Waals surface area contributed by atoms with Crippen molar-refractivity contribution in [2.45, 2.75) is 51.6 Å². The molecule has 4 rings (SSSR count). The molecule has 0 saturated carbocycles. The molecule has 1 fully saturated rings. The second-order valence-electron chi connectivity index (χ2n) is 8.88. The molecule has 8 heteroatoms. The lowest BCUT2D eigenvalue weighted by atomic mass is 9.97. The average Bonchev–Trinajstić information content (AvgIpc) is 3.33. The zero-order valence-electron chi connectivity index (χ0n) is 19.8. The van der Waals surface area contributed by atoms with Gasteiger partial charge in [-0.3, -0.25) is 14.6 Å². The lowest BCUT2D eigenvalue weighted by Crippen LogP contribution is -2.53. The van der Waals surface area contributed by atoms with Gasteiger partial charge in [0.1, 0.15) is 5.75 Å². The summed E-state index contributed by atoms with van der Waals surface area (Å²) < 4.78 is 10.7. The van der Waals surface area contributed by atoms with Crippen LogP contribution in [0, 0.1) is 0 Å². The van der Waals surface area contributed by atoms with Crippen molar-refractivity contribution < 1.29 is 14.1 Å². The Kier molecular flexibility index (Phi) is 8.12. The first kappa shape index (κ1) is 23.4. The molecule has 0 bridgehead atoms. The molecule has 0 spiro atoms. The summed E-state index contributed by atoms with van der Waals surface area (Å²) in [6.45, 7) is 6.79. The summed E-state index contributed by atoms with van der Waals surface area (Å²) >= 11 is 0. The number of amides is 1. The Balaban J connectivity index is 1.19. The number of aromatic nitrogens is 2. The number of carbonyl (C=O) groups excluding carboxylic acids is 1. The van der Waals surface area contributed by atoms with E-state index >= 15 is 0 Å². The molecule has 1 N–H and O–H groups in total. The Bertz CT molecular complexity index is 932. The van der Waals surface area contributed by atoms with Crippen molar-refractivity contribution >= 4 is 5.91 Å². The summed E-state index contributed by atoms with van der Waals surface area (Å²) in [6, 6.07) is 7.50. The van der Waals surface area contributed by atoms with E-state index in [9.17, 15) is 4.79 Å². The fourth-order valence-corrected chi connectivity index (χ4v) is 4.47. The minimum absolute atomic E-state index is 0.113. The van der Waals surface area contributed by atoms with Crippen LogP contribution in [0.25, 0.3) is 11.4 Å². The Morgan fingerprint density at radius 1 is 1.18 bits per heavy atom. The van der Waals surface area contributed by atoms with Gasteiger partial charge >= 0.3 is 0 Å². The highest BCUT2D eigenvalue weighted by Crippen LogP contribution is 2.21. The molecule has 1 aliphatic carbocycles. The number of methoxy groups -OCH3 is 1. The standard InChI is InChI=1S/C25H35N5O3/c1-19(25(31)26-13-12-20-6-4-3-5-7-20)30-16-14-29(15-17-30)18-23-27-24(28-33-23)21-8-10-22(32-2)11-9-21/h6,8-11,19H,3-5,7,12-18H2,1-2H3,(H,26,31). The van der Waals surface area contributed by atoms with Crippen LogP contribution in [-0.2, 0) is 11.3 Å². The topological polar surface area (TPSA) is 83.7 Å². The fourth-order valence-electron chi connectivity index (χ4n) is 4.47. The largest absolute Gasteiger partial charge is 0.497 e. The van der Waals surface area contributed by atoms with Gasteiger partial charge in [0, 0.05) is 38.3 Å². The van der Waals surface area contributed by atoms with E-state index in [0.717, 1.165) is 50.5 Å². The number of nitrogens with one attached hydrogen (secondary N) is 1. The SMILES string of the molecule is COc1ccc(-c2noc(CN3CCN(C(C)C(=O)NCCC4=CCCCC4)CC3)n2)cc1. The van der Waals surface area contributed by atoms with Gasteiger partial charge in [0.05, 0.1) is 19.7 Å². The zero-order chi connectivity index (χ0) is 23.0. The third-order valence-corrected chi connectivity index (χ3v) is 6.64. The normalized spacial score (nSPS) is 18.5. The van der Waals surface area contributed by atoms with Gasteiger partial charge in [0.25, 0.3) is 0 Å². The highest BCUT2D eigenvalue weighted by molar-refractivity contribution is 5.81. The average molecular weight is 454 g/mol. The molecule has 178 valence electrons. The van der Waals surface area contributed by atoms with Crippen LogP contribution in [0.1, 0.15) is 44.9 Å². The molecular weight excluding hydrogens is 418 g/mol. The van der Waals surface area contributed by atoms with Crippen LogP contribution in [-0.4, -0.2) is 71.7 Å². The maximum Gasteiger partial charge on any atom is 0.241 e. The minimum atomic E-state index is -0.113. The van der Waals surface area contributed by atoms with Crippen LogP contribution < -0.4 is 10.1 Å². The Morgan fingerprint density at radius 3 is 2.67 bits per heavy atom. The number of piperazine rings is 1. The number of ether oxygens (including phenoxy) is 1. The zero-order valence-corrected chi connectivity index (χ0v) is 19.8. The molecule has 0 radical (unpaired) electrons. The van der Waals surface area contributed by atoms with E-state index in [1.165, 1.54) is 31.3 Å². The number of benzene rings is 1. The number of hydrogen-bond acceptors (Lipinski definition) is 7. The third-order valence-electron chi connectivity index (χ3n) is 6.64. The molecule has 1 aliphatic heterocycles. The first-order valence-corrected chi connectivity index (χ1v) is 12.0. The van der Waals surface area contributed by atoms with Crippen LogP contribution in [0.15, 0.2) is 40.4 Å². The first-order valence-electron chi connectivity index (χ1n) is 12.0. The predicted octanol–water partition coefficient (Wildman–Crippen LogP) is 3.26. The summed E-state index contributed by atoms with van der Waals surface area (Å²) in [5.74, 6) is 2.11. The maximum absolute atomic E-state index is 12.6. The van der Waals surface area contributed by atoms with Crippen LogP contribution >= 0.6 is 0 Å². The Hall–Kier alpha value is -2.71. The summed E-state index contributed by atoms with van der Waals surface area (Å²) in [7, 11) is 1.64. The lowest BCUT2D eigenvalue weighted by Gasteiger charge is -2.36. The lowest BCUT2D eigenvalue weighted by molar-refractivity contribution is -0.126. The number of allylic oxidation sites excluding steroid dienone is 1. The van der Waals surface area contributed by atoms with Crippen molar-refractivity contribution in [1.29, 1.82) is 0 Å². The molecule has 33 heavy (non-hydrogen) atoms. The monoisotopic (exact) mass is 453 g/mol. The fraction of sp³-hybridized carbons (Fsp3) is 0.560. The van der Waals surface area contributed by atoms with Crippen molar-refractivity contribution in [2.24, 2.45) is 0 Å². The van der Waals surface area contributed by atoms with Crippen LogP contribution in [0.3, 0.4) is 0 Å². The molecule has 2 aromatic rings. The minimum Gasteiger partial charge on any atom is -0.497 e. The number of rotatable bonds is 9. The summed E-state index contributed by atoms with van der Waals surface area (Å²) in [5, 5.41) is 7.24. The molecule has 2 aliphatic rings. The molecule has 1 saturated heterocycles. The molecule has 1 atom stereocenters. The van der Waals surface area contributed by atoms with Crippen molar-refractivity contribution in [1.82, 2.24) is 25.3 Å². The van der Waals surface area contributed by atoms with Gasteiger partial charge in [-0.15, -0.1) is 0 Å². The smallest absolute Gasteiger partial charge is 0.241 e. The molecule has 1 aromatic carbocycles. The second kappa shape index (κ2) is 11.4. The molecule has 1 unspecified atom stereocenters. The number of hydrogen-bond donors (Lipinski definition) is 1. The highest BCUT2D eigenvalue weighted by atomic mass is 16.5. The molecule has 8 nitrogen and oxygen atoms in total. The van der Waals surface area contributed by atoms with Crippen molar-refractivity contribution in [3.8, 4) is 17.1 Å². The summed E-state index contributed by atoms with van der Waals surface area (Å²) in [5.41, 5.74) is 2.40. The van der Waals surface area contributed by atoms with E-state index in [0.29, 0.717) is 18.3 Å². The van der Waals surface area contributed by atoms with E-state index in [1.54, 1.807) is 7.11 Å². The number of nitrogens with zero attached hydrogens (tertiary/aromatic N) is 4. The van der Waals surface area contributed by atoms with Gasteiger partial charge in [0.2, 0.25) is 17.6 Å². The summed E-state index contributed by atoms with van der Waals surface area (Å²) in [4.78, 5) is 21.7. The van der Waals surface area contributed by atoms with Crippen LogP contribution in [0.2, 0.25) is 0 Å². The Labute approximate surface area is 196 Å². The Morgan fingerprint density at radius 2 is 1.97 bits per heavy atom. The van der Waals surface area contributed by atoms with E-state index in [-0.39, 0.29) is 11.9 Å². The van der Waals surface area contributed by atoms with Gasteiger partial charge in [-0.25, -0.2) is 0 Å². The van der Waals surface area contributed by atoms with E-state index in [1.807, 2.05) is 31.2 Å². The number of carbonyl (C=O) groups is 1. The predicted molar refractivity (Wildman–Crippen MR) is 127 cm³/mol. The van der Waals surface area contributed by atoms with Crippen LogP contribution in [0.4, 0.5) is 0 Å². The van der Waals surface area contributed by atoms with Gasteiger partial charge < -0.3 is 14.6 Å². The summed E-state index contributed by atoms with van der Waals surface area (Å²) in [6.07, 6.45) is 8.30. The molecule has 1 amide bonds. The van der Waals surface area contributed by atoms with Crippen molar-refractivity contribution in [3.63, 3.8) is 0 Å². The van der Waals surface area contributed by atoms with Gasteiger partial charge in [-0.05, 0) is 63.3 Å². The molecular formula is C25H35N5O3. The van der Waals surface area contributed by atoms with E-state index in [4.69, 9.17) is 9.26 Å². The van der Waals surface area contributed by atoms with E-state index < -0.39 is 0 Å². The second-order valence-corrected chi connectivity index (χ2v) is 8.88. The van der Waals surface area contributed by atoms with E-state index in [2.05, 4.69) is 31.3 Å². The maximum atomic E-state index is 12.6. The van der Waals surface area contributed by atoms with Gasteiger partial charge in [0.15, 0.2) is 0 Å². The quantitative estimate of drug-likeness (QED) is 0.584. The van der Waals surface area contributed by atoms with Crippen LogP contribution in [0.5, 0.6) is 5.75 Å². The van der Waals surface area contributed by atoms with Gasteiger partial charge in [-0.2, -0.15) is 4.98 Å². The third kappa shape index (κ3) is 6.42. The highest BCUT2D eigenvalue weighted by Gasteiger charge is 2.26. The van der Waals surface area contributed by atoms with Gasteiger partial charge in [-0.1, -0.05) is 16.8 Å². The molecule has 1 aromatic heterocycles.